The van der Waals surface area contributed by atoms with Gasteiger partial charge in [0.1, 0.15) is 11.5 Å². The van der Waals surface area contributed by atoms with Gasteiger partial charge in [-0.15, -0.1) is 0 Å². The van der Waals surface area contributed by atoms with E-state index in [2.05, 4.69) is 44.2 Å². The maximum atomic E-state index is 6.48. The van der Waals surface area contributed by atoms with E-state index in [4.69, 9.17) is 21.1 Å². The molecule has 2 nitrogen and oxygen atoms in total. The Hall–Kier alpha value is -1.67. The topological polar surface area (TPSA) is 18.5 Å². The van der Waals surface area contributed by atoms with Crippen LogP contribution in [0.5, 0.6) is 11.5 Å². The Bertz CT molecular complexity index is 856. The second-order valence-electron chi connectivity index (χ2n) is 8.72. The first-order valence-electron chi connectivity index (χ1n) is 12.4. The third-order valence-electron chi connectivity index (χ3n) is 6.19. The second-order valence-corrected chi connectivity index (χ2v) is 9.20. The fraction of sp³-hybridized carbons (Fsp3) is 0.571. The second kappa shape index (κ2) is 13.0. The van der Waals surface area contributed by atoms with Crippen molar-refractivity contribution in [3.8, 4) is 11.5 Å². The van der Waals surface area contributed by atoms with Gasteiger partial charge < -0.3 is 9.47 Å². The molecule has 0 spiro atoms. The maximum absolute atomic E-state index is 6.48. The number of hydrogen-bond donors (Lipinski definition) is 0. The third-order valence-corrected chi connectivity index (χ3v) is 6.48. The number of allylic oxidation sites excluding steroid dienone is 2. The Morgan fingerprint density at radius 2 is 1.23 bits per heavy atom. The Kier molecular flexibility index (Phi) is 10.1. The van der Waals surface area contributed by atoms with Gasteiger partial charge in [-0.25, -0.2) is 0 Å². The van der Waals surface area contributed by atoms with Crippen LogP contribution in [0.25, 0.3) is 10.8 Å². The molecular weight excluding hydrogens is 404 g/mol. The summed E-state index contributed by atoms with van der Waals surface area (Å²) < 4.78 is 12.9. The summed E-state index contributed by atoms with van der Waals surface area (Å²) in [6, 6.07) is 8.54. The van der Waals surface area contributed by atoms with Crippen LogP contribution in [0.3, 0.4) is 0 Å². The predicted molar refractivity (Wildman–Crippen MR) is 134 cm³/mol. The molecule has 0 aliphatic heterocycles. The van der Waals surface area contributed by atoms with Gasteiger partial charge in [-0.1, -0.05) is 107 Å². The minimum atomic E-state index is 0.736. The molecule has 0 N–H and O–H groups in total. The van der Waals surface area contributed by atoms with E-state index in [0.717, 1.165) is 60.8 Å². The van der Waals surface area contributed by atoms with E-state index in [0.29, 0.717) is 0 Å². The van der Waals surface area contributed by atoms with Crippen LogP contribution in [0.1, 0.15) is 89.2 Å². The van der Waals surface area contributed by atoms with Crippen LogP contribution in [0.2, 0.25) is 0 Å². The molecular formula is C28H39ClO2. The normalized spacial score (nSPS) is 13.2. The van der Waals surface area contributed by atoms with Gasteiger partial charge in [0.2, 0.25) is 0 Å². The number of halogens is 1. The summed E-state index contributed by atoms with van der Waals surface area (Å²) in [6.07, 6.45) is 16.1. The van der Waals surface area contributed by atoms with Crippen molar-refractivity contribution in [1.82, 2.24) is 0 Å². The molecule has 0 aromatic heterocycles. The zero-order valence-electron chi connectivity index (χ0n) is 19.5. The van der Waals surface area contributed by atoms with Crippen molar-refractivity contribution in [2.24, 2.45) is 0 Å². The maximum Gasteiger partial charge on any atom is 0.131 e. The molecule has 0 bridgehead atoms. The van der Waals surface area contributed by atoms with E-state index in [1.807, 2.05) is 0 Å². The van der Waals surface area contributed by atoms with Gasteiger partial charge in [-0.05, 0) is 19.3 Å². The standard InChI is InChI=1S/C28H39ClO2/c1-3-5-7-9-13-19-30-27-23-15-11-12-16-24(23)28(31-20-14-10-8-6-4-2)26-21-22(29)17-18-25(26)27/h11-12,15-17H,3-10,13-14,18-21H2,1-2H3. The number of unbranched alkanes of at least 4 members (excludes halogenated alkanes) is 8. The summed E-state index contributed by atoms with van der Waals surface area (Å²) in [5, 5.41) is 3.23. The Labute approximate surface area is 194 Å². The zero-order chi connectivity index (χ0) is 21.9. The van der Waals surface area contributed by atoms with E-state index in [9.17, 15) is 0 Å². The average molecular weight is 443 g/mol. The number of benzene rings is 2. The molecule has 3 heteroatoms. The molecule has 0 radical (unpaired) electrons. The van der Waals surface area contributed by atoms with E-state index < -0.39 is 0 Å². The first kappa shape index (κ1) is 24.0. The van der Waals surface area contributed by atoms with Gasteiger partial charge in [-0.2, -0.15) is 0 Å². The average Bonchev–Trinajstić information content (AvgIpc) is 2.79. The molecule has 170 valence electrons. The molecule has 2 aromatic carbocycles. The molecule has 0 amide bonds. The van der Waals surface area contributed by atoms with Gasteiger partial charge in [0, 0.05) is 33.4 Å². The third kappa shape index (κ3) is 6.65. The molecule has 1 aliphatic rings. The van der Waals surface area contributed by atoms with Gasteiger partial charge in [0.05, 0.1) is 13.2 Å². The number of rotatable bonds is 14. The number of hydrogen-bond acceptors (Lipinski definition) is 2. The Morgan fingerprint density at radius 1 is 0.710 bits per heavy atom. The van der Waals surface area contributed by atoms with Crippen LogP contribution in [0, 0.1) is 0 Å². The van der Waals surface area contributed by atoms with Crippen LogP contribution >= 0.6 is 11.6 Å². The minimum absolute atomic E-state index is 0.736. The highest BCUT2D eigenvalue weighted by molar-refractivity contribution is 6.30. The lowest BCUT2D eigenvalue weighted by atomic mass is 9.90. The van der Waals surface area contributed by atoms with Crippen molar-refractivity contribution < 1.29 is 9.47 Å². The van der Waals surface area contributed by atoms with Crippen LogP contribution in [0.15, 0.2) is 35.4 Å². The van der Waals surface area contributed by atoms with Crippen molar-refractivity contribution in [3.63, 3.8) is 0 Å². The van der Waals surface area contributed by atoms with E-state index >= 15 is 0 Å². The van der Waals surface area contributed by atoms with Gasteiger partial charge >= 0.3 is 0 Å². The van der Waals surface area contributed by atoms with Crippen LogP contribution in [-0.2, 0) is 12.8 Å². The summed E-state index contributed by atoms with van der Waals surface area (Å²) in [4.78, 5) is 0. The zero-order valence-corrected chi connectivity index (χ0v) is 20.2. The van der Waals surface area contributed by atoms with Crippen LogP contribution < -0.4 is 9.47 Å². The highest BCUT2D eigenvalue weighted by Gasteiger charge is 2.24. The van der Waals surface area contributed by atoms with Gasteiger partial charge in [0.25, 0.3) is 0 Å². The molecule has 31 heavy (non-hydrogen) atoms. The number of ether oxygens (including phenoxy) is 2. The summed E-state index contributed by atoms with van der Waals surface area (Å²) in [5.41, 5.74) is 2.48. The first-order chi connectivity index (χ1) is 15.3. The molecule has 0 saturated carbocycles. The molecule has 0 atom stereocenters. The van der Waals surface area contributed by atoms with E-state index in [1.165, 1.54) is 67.9 Å². The molecule has 0 heterocycles. The van der Waals surface area contributed by atoms with Crippen LogP contribution in [0.4, 0.5) is 0 Å². The lowest BCUT2D eigenvalue weighted by Gasteiger charge is -2.24. The van der Waals surface area contributed by atoms with Crippen molar-refractivity contribution in [3.05, 3.63) is 46.5 Å². The fourth-order valence-electron chi connectivity index (χ4n) is 4.42. The largest absolute Gasteiger partial charge is 0.493 e. The Balaban J connectivity index is 1.81. The van der Waals surface area contributed by atoms with Crippen molar-refractivity contribution in [1.29, 1.82) is 0 Å². The Morgan fingerprint density at radius 3 is 1.77 bits per heavy atom. The SMILES string of the molecule is CCCCCCCOc1c2c(c(OCCCCCCC)c3ccccc13)CC(Cl)=CC2. The smallest absolute Gasteiger partial charge is 0.131 e. The fourth-order valence-corrected chi connectivity index (χ4v) is 4.64. The summed E-state index contributed by atoms with van der Waals surface area (Å²) in [5.74, 6) is 2.06. The first-order valence-corrected chi connectivity index (χ1v) is 12.8. The molecule has 2 aromatic rings. The summed E-state index contributed by atoms with van der Waals surface area (Å²) in [6.45, 7) is 6.04. The highest BCUT2D eigenvalue weighted by atomic mass is 35.5. The quantitative estimate of drug-likeness (QED) is 0.272. The van der Waals surface area contributed by atoms with Gasteiger partial charge in [0.15, 0.2) is 0 Å². The van der Waals surface area contributed by atoms with Crippen molar-refractivity contribution in [2.75, 3.05) is 13.2 Å². The van der Waals surface area contributed by atoms with Crippen LogP contribution in [-0.4, -0.2) is 13.2 Å². The molecule has 0 fully saturated rings. The molecule has 0 saturated heterocycles. The molecule has 3 rings (SSSR count). The summed E-state index contributed by atoms with van der Waals surface area (Å²) >= 11 is 6.48. The summed E-state index contributed by atoms with van der Waals surface area (Å²) in [7, 11) is 0. The lowest BCUT2D eigenvalue weighted by Crippen LogP contribution is -2.10. The number of fused-ring (bicyclic) bond motifs is 2. The lowest BCUT2D eigenvalue weighted by molar-refractivity contribution is 0.297. The van der Waals surface area contributed by atoms with E-state index in [-0.39, 0.29) is 0 Å². The van der Waals surface area contributed by atoms with Crippen molar-refractivity contribution >= 4 is 22.4 Å². The van der Waals surface area contributed by atoms with E-state index in [1.54, 1.807) is 0 Å². The molecule has 0 unspecified atom stereocenters. The monoisotopic (exact) mass is 442 g/mol. The molecule has 1 aliphatic carbocycles. The van der Waals surface area contributed by atoms with Crippen molar-refractivity contribution in [2.45, 2.75) is 90.9 Å². The van der Waals surface area contributed by atoms with Gasteiger partial charge in [-0.3, -0.25) is 0 Å². The minimum Gasteiger partial charge on any atom is -0.493 e. The predicted octanol–water partition coefficient (Wildman–Crippen LogP) is 8.76. The highest BCUT2D eigenvalue weighted by Crippen LogP contribution is 2.44.